The first-order chi connectivity index (χ1) is 15.0. The van der Waals surface area contributed by atoms with Gasteiger partial charge in [-0.2, -0.15) is 0 Å². The molecule has 0 saturated heterocycles. The number of fused-ring (bicyclic) bond motifs is 6. The fourth-order valence-electron chi connectivity index (χ4n) is 6.04. The van der Waals surface area contributed by atoms with Crippen molar-refractivity contribution in [3.63, 3.8) is 0 Å². The maximum Gasteiger partial charge on any atom is 0.155 e. The van der Waals surface area contributed by atoms with Crippen LogP contribution in [-0.2, 0) is 16.2 Å². The highest BCUT2D eigenvalue weighted by Gasteiger charge is 2.58. The van der Waals surface area contributed by atoms with Crippen LogP contribution in [0.2, 0.25) is 0 Å². The van der Waals surface area contributed by atoms with Gasteiger partial charge in [0.2, 0.25) is 0 Å². The lowest BCUT2D eigenvalue weighted by Gasteiger charge is -2.44. The van der Waals surface area contributed by atoms with Crippen LogP contribution >= 0.6 is 0 Å². The van der Waals surface area contributed by atoms with Crippen LogP contribution in [0.1, 0.15) is 90.4 Å². The molecule has 0 unspecified atom stereocenters. The van der Waals surface area contributed by atoms with E-state index in [0.29, 0.717) is 5.52 Å². The van der Waals surface area contributed by atoms with Gasteiger partial charge in [-0.3, -0.25) is 4.40 Å². The maximum absolute atomic E-state index is 16.5. The minimum atomic E-state index is -0.319. The van der Waals surface area contributed by atoms with Crippen molar-refractivity contribution in [2.45, 2.75) is 92.4 Å². The Morgan fingerprint density at radius 1 is 0.848 bits per heavy atom. The van der Waals surface area contributed by atoms with Crippen molar-refractivity contribution in [1.29, 1.82) is 0 Å². The molecular weight excluding hydrogens is 409 g/mol. The largest absolute Gasteiger partial charge is 0.279 e. The van der Waals surface area contributed by atoms with E-state index in [-0.39, 0.29) is 27.5 Å². The van der Waals surface area contributed by atoms with Gasteiger partial charge in [0.05, 0.1) is 11.0 Å². The van der Waals surface area contributed by atoms with Crippen LogP contribution in [0, 0.1) is 25.1 Å². The number of aryl methyl sites for hydroxylation is 2. The molecule has 0 radical (unpaired) electrons. The van der Waals surface area contributed by atoms with E-state index in [1.807, 2.05) is 0 Å². The number of rotatable bonds is 0. The summed E-state index contributed by atoms with van der Waals surface area (Å²) in [6, 6.07) is 6.49. The topological polar surface area (TPSA) is 30.2 Å². The zero-order valence-corrected chi connectivity index (χ0v) is 22.0. The van der Waals surface area contributed by atoms with Gasteiger partial charge in [0.1, 0.15) is 17.0 Å². The third kappa shape index (κ3) is 2.55. The summed E-state index contributed by atoms with van der Waals surface area (Å²) in [4.78, 5) is 10.1. The van der Waals surface area contributed by atoms with Crippen LogP contribution in [0.5, 0.6) is 0 Å². The average molecular weight is 446 g/mol. The van der Waals surface area contributed by atoms with Crippen molar-refractivity contribution in [3.05, 3.63) is 52.1 Å². The molecule has 2 aromatic carbocycles. The lowest BCUT2D eigenvalue weighted by atomic mass is 9.59. The molecule has 0 spiro atoms. The van der Waals surface area contributed by atoms with Crippen LogP contribution in [0.4, 0.5) is 4.39 Å². The monoisotopic (exact) mass is 445 g/mol. The molecule has 3 nitrogen and oxygen atoms in total. The first-order valence-electron chi connectivity index (χ1n) is 12.0. The summed E-state index contributed by atoms with van der Waals surface area (Å²) in [5.41, 5.74) is 6.34. The summed E-state index contributed by atoms with van der Waals surface area (Å²) >= 11 is 0. The zero-order chi connectivity index (χ0) is 24.5. The van der Waals surface area contributed by atoms with E-state index in [0.717, 1.165) is 50.1 Å². The molecule has 0 aliphatic heterocycles. The zero-order valence-electron chi connectivity index (χ0n) is 22.0. The van der Waals surface area contributed by atoms with Crippen molar-refractivity contribution in [3.8, 4) is 0 Å². The quantitative estimate of drug-likeness (QED) is 0.278. The standard InChI is InChI=1S/C29H36FN3/c1-15-12-16(2)22-17(13-15)24-31-23-19(33(24)25(32-22)26(3,4)5)14-18-20(21(23)30)28(8,9)29(10,11)27(18,6)7/h12-14H,1-11H3. The number of hydrogen-bond donors (Lipinski definition) is 0. The molecule has 0 N–H and O–H groups in total. The Labute approximate surface area is 196 Å². The molecule has 33 heavy (non-hydrogen) atoms. The second-order valence-corrected chi connectivity index (χ2v) is 12.8. The highest BCUT2D eigenvalue weighted by molar-refractivity contribution is 5.99. The predicted molar refractivity (Wildman–Crippen MR) is 136 cm³/mol. The molecule has 0 bridgehead atoms. The van der Waals surface area contributed by atoms with Crippen LogP contribution in [0.3, 0.4) is 0 Å². The Bertz CT molecular complexity index is 1490. The van der Waals surface area contributed by atoms with Crippen LogP contribution in [0.15, 0.2) is 18.2 Å². The summed E-state index contributed by atoms with van der Waals surface area (Å²) < 4.78 is 18.6. The van der Waals surface area contributed by atoms with Gasteiger partial charge in [0.15, 0.2) is 5.82 Å². The van der Waals surface area contributed by atoms with Crippen LogP contribution < -0.4 is 0 Å². The summed E-state index contributed by atoms with van der Waals surface area (Å²) in [5.74, 6) is 0.736. The smallest absolute Gasteiger partial charge is 0.155 e. The van der Waals surface area contributed by atoms with Crippen LogP contribution in [-0.4, -0.2) is 14.4 Å². The molecule has 0 fully saturated rings. The molecule has 0 atom stereocenters. The number of aromatic nitrogens is 3. The molecule has 0 amide bonds. The fourth-order valence-corrected chi connectivity index (χ4v) is 6.04. The Morgan fingerprint density at radius 3 is 2.09 bits per heavy atom. The van der Waals surface area contributed by atoms with Gasteiger partial charge >= 0.3 is 0 Å². The minimum Gasteiger partial charge on any atom is -0.279 e. The predicted octanol–water partition coefficient (Wildman–Crippen LogP) is 7.68. The van der Waals surface area contributed by atoms with Gasteiger partial charge in [0, 0.05) is 16.4 Å². The van der Waals surface area contributed by atoms with Crippen molar-refractivity contribution < 1.29 is 4.39 Å². The molecule has 2 aromatic heterocycles. The molecule has 2 heterocycles. The summed E-state index contributed by atoms with van der Waals surface area (Å²) in [5, 5.41) is 0.982. The average Bonchev–Trinajstić information content (AvgIpc) is 3.10. The minimum absolute atomic E-state index is 0.117. The molecular formula is C29H36FN3. The molecule has 1 aliphatic rings. The van der Waals surface area contributed by atoms with E-state index in [9.17, 15) is 0 Å². The van der Waals surface area contributed by atoms with E-state index in [1.165, 1.54) is 0 Å². The van der Waals surface area contributed by atoms with Gasteiger partial charge in [-0.1, -0.05) is 68.4 Å². The lowest BCUT2D eigenvalue weighted by molar-refractivity contribution is 0.123. The normalized spacial score (nSPS) is 19.0. The second-order valence-electron chi connectivity index (χ2n) is 12.8. The van der Waals surface area contributed by atoms with E-state index in [1.54, 1.807) is 0 Å². The first kappa shape index (κ1) is 22.3. The maximum atomic E-state index is 16.5. The number of nitrogens with zero attached hydrogens (tertiary/aromatic N) is 3. The number of imidazole rings is 1. The number of benzene rings is 2. The molecule has 174 valence electrons. The van der Waals surface area contributed by atoms with Crippen molar-refractivity contribution in [2.75, 3.05) is 0 Å². The Balaban J connectivity index is 2.06. The number of halogens is 1. The van der Waals surface area contributed by atoms with Gasteiger partial charge in [-0.15, -0.1) is 0 Å². The Morgan fingerprint density at radius 2 is 1.48 bits per heavy atom. The second kappa shape index (κ2) is 6.14. The Hall–Kier alpha value is -2.49. The SMILES string of the molecule is Cc1cc(C)c2nc(C(C)(C)C)n3c4cc5c(c(F)c4nc3c2c1)C(C)(C)C(C)(C)C5(C)C. The van der Waals surface area contributed by atoms with E-state index >= 15 is 4.39 Å². The van der Waals surface area contributed by atoms with Crippen molar-refractivity contribution >= 4 is 27.6 Å². The van der Waals surface area contributed by atoms with Gasteiger partial charge in [-0.05, 0) is 58.9 Å². The highest BCUT2D eigenvalue weighted by atomic mass is 19.1. The van der Waals surface area contributed by atoms with Gasteiger partial charge in [-0.25, -0.2) is 14.4 Å². The summed E-state index contributed by atoms with van der Waals surface area (Å²) in [7, 11) is 0. The van der Waals surface area contributed by atoms with Crippen LogP contribution in [0.25, 0.3) is 27.6 Å². The molecule has 1 aliphatic carbocycles. The fraction of sp³-hybridized carbons (Fsp3) is 0.517. The Kier molecular flexibility index (Phi) is 4.15. The molecule has 4 aromatic rings. The first-order valence-corrected chi connectivity index (χ1v) is 12.0. The summed E-state index contributed by atoms with van der Waals surface area (Å²) in [6.07, 6.45) is 0. The highest BCUT2D eigenvalue weighted by Crippen LogP contribution is 2.62. The van der Waals surface area contributed by atoms with Gasteiger partial charge in [0.25, 0.3) is 0 Å². The molecule has 4 heteroatoms. The third-order valence-electron chi connectivity index (χ3n) is 9.10. The molecule has 5 rings (SSSR count). The van der Waals surface area contributed by atoms with E-state index in [4.69, 9.17) is 9.97 Å². The molecule has 0 saturated carbocycles. The van der Waals surface area contributed by atoms with Gasteiger partial charge < -0.3 is 0 Å². The van der Waals surface area contributed by atoms with E-state index in [2.05, 4.69) is 98.8 Å². The summed E-state index contributed by atoms with van der Waals surface area (Å²) in [6.45, 7) is 24.0. The number of hydrogen-bond acceptors (Lipinski definition) is 2. The van der Waals surface area contributed by atoms with E-state index < -0.39 is 0 Å². The van der Waals surface area contributed by atoms with Crippen molar-refractivity contribution in [1.82, 2.24) is 14.4 Å². The lowest BCUT2D eigenvalue weighted by Crippen LogP contribution is -2.42. The van der Waals surface area contributed by atoms with Crippen molar-refractivity contribution in [2.24, 2.45) is 5.41 Å². The third-order valence-corrected chi connectivity index (χ3v) is 9.10.